The van der Waals surface area contributed by atoms with Gasteiger partial charge in [0.05, 0.1) is 11.6 Å². The highest BCUT2D eigenvalue weighted by atomic mass is 16.1. The zero-order valence-electron chi connectivity index (χ0n) is 10.5. The van der Waals surface area contributed by atoms with E-state index in [0.29, 0.717) is 17.4 Å². The Morgan fingerprint density at radius 3 is 2.84 bits per heavy atom. The summed E-state index contributed by atoms with van der Waals surface area (Å²) in [5.74, 6) is 1.79. The number of rotatable bonds is 2. The van der Waals surface area contributed by atoms with Crippen molar-refractivity contribution in [3.8, 4) is 6.07 Å². The summed E-state index contributed by atoms with van der Waals surface area (Å²) in [6.07, 6.45) is 5.52. The molecule has 94 valence electrons. The van der Waals surface area contributed by atoms with Crippen LogP contribution in [0.25, 0.3) is 10.9 Å². The molecule has 0 saturated heterocycles. The van der Waals surface area contributed by atoms with E-state index in [2.05, 4.69) is 11.1 Å². The van der Waals surface area contributed by atoms with Crippen molar-refractivity contribution < 1.29 is 4.79 Å². The summed E-state index contributed by atoms with van der Waals surface area (Å²) in [4.78, 5) is 15.7. The summed E-state index contributed by atoms with van der Waals surface area (Å²) in [5, 5.41) is 9.87. The van der Waals surface area contributed by atoms with Gasteiger partial charge in [0.2, 0.25) is 0 Å². The molecule has 2 aliphatic carbocycles. The van der Waals surface area contributed by atoms with Gasteiger partial charge in [-0.05, 0) is 42.9 Å². The number of ketones is 1. The SMILES string of the molecule is N#Cc1ccc2[nH]cc(C(=O)C3C4CCCC43)c2c1. The van der Waals surface area contributed by atoms with Crippen molar-refractivity contribution in [1.29, 1.82) is 5.26 Å². The predicted molar refractivity (Wildman–Crippen MR) is 71.7 cm³/mol. The number of fused-ring (bicyclic) bond motifs is 2. The van der Waals surface area contributed by atoms with Crippen molar-refractivity contribution in [3.63, 3.8) is 0 Å². The number of nitrogens with one attached hydrogen (secondary N) is 1. The summed E-state index contributed by atoms with van der Waals surface area (Å²) in [6, 6.07) is 7.60. The number of Topliss-reactive ketones (excluding diaryl/α,β-unsaturated/α-hetero) is 1. The lowest BCUT2D eigenvalue weighted by Crippen LogP contribution is -2.05. The zero-order valence-corrected chi connectivity index (χ0v) is 10.5. The zero-order chi connectivity index (χ0) is 13.0. The number of carbonyl (C=O) groups is 1. The minimum Gasteiger partial charge on any atom is -0.360 e. The minimum atomic E-state index is 0.249. The molecule has 2 unspecified atom stereocenters. The first-order chi connectivity index (χ1) is 9.29. The van der Waals surface area contributed by atoms with Gasteiger partial charge in [0.1, 0.15) is 0 Å². The third kappa shape index (κ3) is 1.46. The maximum atomic E-state index is 12.6. The van der Waals surface area contributed by atoms with Crippen LogP contribution < -0.4 is 0 Å². The molecule has 2 atom stereocenters. The van der Waals surface area contributed by atoms with Crippen LogP contribution in [-0.4, -0.2) is 10.8 Å². The lowest BCUT2D eigenvalue weighted by atomic mass is 10.00. The van der Waals surface area contributed by atoms with Crippen molar-refractivity contribution in [3.05, 3.63) is 35.5 Å². The first kappa shape index (κ1) is 10.8. The van der Waals surface area contributed by atoms with E-state index in [0.717, 1.165) is 16.5 Å². The van der Waals surface area contributed by atoms with Crippen molar-refractivity contribution >= 4 is 16.7 Å². The molecule has 0 spiro atoms. The topological polar surface area (TPSA) is 56.6 Å². The molecule has 3 nitrogen and oxygen atoms in total. The molecular formula is C16H14N2O. The highest BCUT2D eigenvalue weighted by Crippen LogP contribution is 2.58. The lowest BCUT2D eigenvalue weighted by Gasteiger charge is -2.01. The van der Waals surface area contributed by atoms with E-state index in [9.17, 15) is 4.79 Å². The van der Waals surface area contributed by atoms with Gasteiger partial charge in [-0.25, -0.2) is 0 Å². The number of benzene rings is 1. The van der Waals surface area contributed by atoms with E-state index in [-0.39, 0.29) is 11.7 Å². The Morgan fingerprint density at radius 2 is 2.11 bits per heavy atom. The summed E-state index contributed by atoms with van der Waals surface area (Å²) in [6.45, 7) is 0. The molecular weight excluding hydrogens is 236 g/mol. The molecule has 2 fully saturated rings. The molecule has 4 rings (SSSR count). The molecule has 3 heteroatoms. The first-order valence-electron chi connectivity index (χ1n) is 6.85. The molecule has 0 amide bonds. The number of H-pyrrole nitrogens is 1. The molecule has 0 radical (unpaired) electrons. The van der Waals surface area contributed by atoms with E-state index in [4.69, 9.17) is 5.26 Å². The first-order valence-corrected chi connectivity index (χ1v) is 6.85. The summed E-state index contributed by atoms with van der Waals surface area (Å²) >= 11 is 0. The average molecular weight is 250 g/mol. The second-order valence-electron chi connectivity index (χ2n) is 5.72. The van der Waals surface area contributed by atoms with Gasteiger partial charge in [-0.1, -0.05) is 6.42 Å². The number of aromatic amines is 1. The number of aromatic nitrogens is 1. The van der Waals surface area contributed by atoms with Crippen molar-refractivity contribution in [2.45, 2.75) is 19.3 Å². The van der Waals surface area contributed by atoms with Gasteiger partial charge in [-0.15, -0.1) is 0 Å². The second kappa shape index (κ2) is 3.71. The fourth-order valence-corrected chi connectivity index (χ4v) is 3.78. The normalized spacial score (nSPS) is 28.1. The molecule has 1 N–H and O–H groups in total. The summed E-state index contributed by atoms with van der Waals surface area (Å²) in [5.41, 5.74) is 2.32. The molecule has 0 bridgehead atoms. The minimum absolute atomic E-state index is 0.249. The van der Waals surface area contributed by atoms with Crippen LogP contribution in [0.2, 0.25) is 0 Å². The fraction of sp³-hybridized carbons (Fsp3) is 0.375. The van der Waals surface area contributed by atoms with Crippen molar-refractivity contribution in [2.75, 3.05) is 0 Å². The van der Waals surface area contributed by atoms with Crippen molar-refractivity contribution in [2.24, 2.45) is 17.8 Å². The van der Waals surface area contributed by atoms with E-state index >= 15 is 0 Å². The average Bonchev–Trinajstić information content (AvgIpc) is 2.83. The largest absolute Gasteiger partial charge is 0.360 e. The Morgan fingerprint density at radius 1 is 1.32 bits per heavy atom. The third-order valence-corrected chi connectivity index (χ3v) is 4.79. The Kier molecular flexibility index (Phi) is 2.11. The number of nitrogens with zero attached hydrogens (tertiary/aromatic N) is 1. The molecule has 1 heterocycles. The van der Waals surface area contributed by atoms with E-state index in [1.54, 1.807) is 6.07 Å². The predicted octanol–water partition coefficient (Wildman–Crippen LogP) is 3.27. The number of nitriles is 1. The molecule has 1 aromatic carbocycles. The highest BCUT2D eigenvalue weighted by Gasteiger charge is 2.56. The molecule has 1 aromatic heterocycles. The van der Waals surface area contributed by atoms with Gasteiger partial charge in [-0.3, -0.25) is 4.79 Å². The van der Waals surface area contributed by atoms with E-state index in [1.807, 2.05) is 18.3 Å². The molecule has 0 aliphatic heterocycles. The van der Waals surface area contributed by atoms with Crippen LogP contribution in [0, 0.1) is 29.1 Å². The standard InChI is InChI=1S/C16H14N2O/c17-7-9-4-5-14-12(6-9)13(8-18-14)16(19)15-10-2-1-3-11(10)15/h4-6,8,10-11,15,18H,1-3H2. The molecule has 2 aliphatic rings. The van der Waals surface area contributed by atoms with Gasteiger partial charge < -0.3 is 4.98 Å². The Labute approximate surface area is 111 Å². The van der Waals surface area contributed by atoms with Gasteiger partial charge in [0.25, 0.3) is 0 Å². The van der Waals surface area contributed by atoms with Crippen LogP contribution >= 0.6 is 0 Å². The molecule has 19 heavy (non-hydrogen) atoms. The van der Waals surface area contributed by atoms with Crippen LogP contribution in [-0.2, 0) is 0 Å². The van der Waals surface area contributed by atoms with Crippen LogP contribution in [0.15, 0.2) is 24.4 Å². The molecule has 2 saturated carbocycles. The van der Waals surface area contributed by atoms with Gasteiger partial charge in [-0.2, -0.15) is 5.26 Å². The lowest BCUT2D eigenvalue weighted by molar-refractivity contribution is 0.0953. The van der Waals surface area contributed by atoms with E-state index in [1.165, 1.54) is 19.3 Å². The number of hydrogen-bond acceptors (Lipinski definition) is 2. The van der Waals surface area contributed by atoms with Crippen LogP contribution in [0.5, 0.6) is 0 Å². The smallest absolute Gasteiger partial charge is 0.168 e. The Bertz CT molecular complexity index is 712. The van der Waals surface area contributed by atoms with Gasteiger partial charge >= 0.3 is 0 Å². The number of hydrogen-bond donors (Lipinski definition) is 1. The third-order valence-electron chi connectivity index (χ3n) is 4.79. The maximum Gasteiger partial charge on any atom is 0.168 e. The fourth-order valence-electron chi connectivity index (χ4n) is 3.78. The monoisotopic (exact) mass is 250 g/mol. The van der Waals surface area contributed by atoms with Gasteiger partial charge in [0.15, 0.2) is 5.78 Å². The summed E-state index contributed by atoms with van der Waals surface area (Å²) in [7, 11) is 0. The van der Waals surface area contributed by atoms with Crippen LogP contribution in [0.1, 0.15) is 35.2 Å². The maximum absolute atomic E-state index is 12.6. The highest BCUT2D eigenvalue weighted by molar-refractivity contribution is 6.10. The summed E-state index contributed by atoms with van der Waals surface area (Å²) < 4.78 is 0. The van der Waals surface area contributed by atoms with Gasteiger partial charge in [0, 0.05) is 28.6 Å². The quantitative estimate of drug-likeness (QED) is 0.831. The van der Waals surface area contributed by atoms with Crippen molar-refractivity contribution in [1.82, 2.24) is 4.98 Å². The Balaban J connectivity index is 1.75. The number of carbonyl (C=O) groups excluding carboxylic acids is 1. The second-order valence-corrected chi connectivity index (χ2v) is 5.72. The Hall–Kier alpha value is -2.08. The van der Waals surface area contributed by atoms with E-state index < -0.39 is 0 Å². The molecule has 2 aromatic rings. The van der Waals surface area contributed by atoms with Crippen LogP contribution in [0.4, 0.5) is 0 Å². The van der Waals surface area contributed by atoms with Crippen LogP contribution in [0.3, 0.4) is 0 Å².